The number of ether oxygens (including phenoxy) is 1. The van der Waals surface area contributed by atoms with Crippen molar-refractivity contribution in [3.63, 3.8) is 0 Å². The zero-order valence-corrected chi connectivity index (χ0v) is 16.0. The molecule has 0 radical (unpaired) electrons. The number of anilines is 1. The van der Waals surface area contributed by atoms with Gasteiger partial charge in [-0.15, -0.1) is 11.3 Å². The number of aryl methyl sites for hydroxylation is 1. The van der Waals surface area contributed by atoms with Crippen molar-refractivity contribution in [3.05, 3.63) is 59.0 Å². The zero-order valence-electron chi connectivity index (χ0n) is 14.4. The van der Waals surface area contributed by atoms with Crippen LogP contribution in [0.1, 0.15) is 10.4 Å². The highest BCUT2D eigenvalue weighted by molar-refractivity contribution is 7.89. The van der Waals surface area contributed by atoms with Crippen molar-refractivity contribution in [2.45, 2.75) is 18.4 Å². The Hall–Kier alpha value is -2.42. The number of aromatic nitrogens is 1. The Bertz CT molecular complexity index is 1010. The number of hydrogen-bond acceptors (Lipinski definition) is 6. The molecule has 0 amide bonds. The van der Waals surface area contributed by atoms with Crippen molar-refractivity contribution in [3.8, 4) is 17.0 Å². The number of thiazole rings is 1. The molecule has 136 valence electrons. The summed E-state index contributed by atoms with van der Waals surface area (Å²) in [7, 11) is -2.05. The molecule has 8 heteroatoms. The number of benzene rings is 2. The van der Waals surface area contributed by atoms with Gasteiger partial charge in [0.1, 0.15) is 5.75 Å². The van der Waals surface area contributed by atoms with Crippen LogP contribution in [0.15, 0.2) is 53.4 Å². The molecule has 0 aliphatic heterocycles. The molecule has 1 heterocycles. The Balaban J connectivity index is 1.88. The smallest absolute Gasteiger partial charge is 0.240 e. The van der Waals surface area contributed by atoms with Crippen LogP contribution in [0, 0.1) is 6.92 Å². The second-order valence-electron chi connectivity index (χ2n) is 5.66. The lowest BCUT2D eigenvalue weighted by atomic mass is 10.1. The number of nitrogens with two attached hydrogens (primary N) is 1. The van der Waals surface area contributed by atoms with E-state index in [9.17, 15) is 8.42 Å². The average Bonchev–Trinajstić information content (AvgIpc) is 3.01. The fourth-order valence-corrected chi connectivity index (χ4v) is 4.37. The van der Waals surface area contributed by atoms with Crippen molar-refractivity contribution in [1.29, 1.82) is 0 Å². The van der Waals surface area contributed by atoms with Crippen LogP contribution in [0.5, 0.6) is 5.75 Å². The molecule has 0 atom stereocenters. The van der Waals surface area contributed by atoms with E-state index in [-0.39, 0.29) is 11.4 Å². The van der Waals surface area contributed by atoms with Crippen LogP contribution in [0.25, 0.3) is 11.3 Å². The third-order valence-electron chi connectivity index (χ3n) is 3.83. The Labute approximate surface area is 156 Å². The minimum Gasteiger partial charge on any atom is -0.496 e. The van der Waals surface area contributed by atoms with E-state index in [1.165, 1.54) is 11.3 Å². The minimum atomic E-state index is -3.62. The molecule has 3 rings (SSSR count). The number of nitrogens with zero attached hydrogens (tertiary/aromatic N) is 1. The molecule has 0 saturated carbocycles. The predicted octanol–water partition coefficient (Wildman–Crippen LogP) is 3.19. The first-order valence-corrected chi connectivity index (χ1v) is 10.2. The molecule has 2 aromatic carbocycles. The predicted molar refractivity (Wildman–Crippen MR) is 104 cm³/mol. The number of nitrogens with one attached hydrogen (secondary N) is 1. The van der Waals surface area contributed by atoms with Gasteiger partial charge in [-0.1, -0.05) is 29.8 Å². The number of methoxy groups -OCH3 is 1. The topological polar surface area (TPSA) is 94.3 Å². The van der Waals surface area contributed by atoms with Crippen LogP contribution in [0.4, 0.5) is 5.13 Å². The molecule has 26 heavy (non-hydrogen) atoms. The van der Waals surface area contributed by atoms with Crippen molar-refractivity contribution in [2.75, 3.05) is 12.8 Å². The first kappa shape index (κ1) is 18.4. The lowest BCUT2D eigenvalue weighted by Gasteiger charge is -2.09. The molecule has 0 bridgehead atoms. The first-order valence-electron chi connectivity index (χ1n) is 7.85. The highest BCUT2D eigenvalue weighted by Crippen LogP contribution is 2.35. The van der Waals surface area contributed by atoms with E-state index in [1.54, 1.807) is 31.4 Å². The van der Waals surface area contributed by atoms with Gasteiger partial charge in [0.25, 0.3) is 0 Å². The van der Waals surface area contributed by atoms with Gasteiger partial charge in [0.15, 0.2) is 5.13 Å². The molecule has 0 aliphatic carbocycles. The van der Waals surface area contributed by atoms with Crippen molar-refractivity contribution < 1.29 is 13.2 Å². The second kappa shape index (κ2) is 7.45. The molecule has 0 unspecified atom stereocenters. The molecular formula is C18H19N3O3S2. The second-order valence-corrected chi connectivity index (χ2v) is 8.54. The van der Waals surface area contributed by atoms with E-state index < -0.39 is 10.0 Å². The summed E-state index contributed by atoms with van der Waals surface area (Å²) in [5, 5.41) is 0.371. The van der Waals surface area contributed by atoms with Crippen LogP contribution < -0.4 is 15.2 Å². The third kappa shape index (κ3) is 3.87. The van der Waals surface area contributed by atoms with E-state index >= 15 is 0 Å². The molecule has 1 aromatic heterocycles. The van der Waals surface area contributed by atoms with Crippen LogP contribution in [0.3, 0.4) is 0 Å². The Morgan fingerprint density at radius 2 is 1.85 bits per heavy atom. The summed E-state index contributed by atoms with van der Waals surface area (Å²) in [5.41, 5.74) is 8.26. The van der Waals surface area contributed by atoms with Crippen molar-refractivity contribution >= 4 is 26.5 Å². The summed E-state index contributed by atoms with van der Waals surface area (Å²) in [6.07, 6.45) is 0. The summed E-state index contributed by atoms with van der Waals surface area (Å²) in [6.45, 7) is 2.00. The molecule has 6 nitrogen and oxygen atoms in total. The Morgan fingerprint density at radius 3 is 2.54 bits per heavy atom. The van der Waals surface area contributed by atoms with Gasteiger partial charge < -0.3 is 10.5 Å². The lowest BCUT2D eigenvalue weighted by molar-refractivity contribution is 0.416. The molecular weight excluding hydrogens is 370 g/mol. The molecule has 0 fully saturated rings. The van der Waals surface area contributed by atoms with Crippen LogP contribution in [-0.2, 0) is 16.6 Å². The fourth-order valence-electron chi connectivity index (χ4n) is 2.50. The van der Waals surface area contributed by atoms with E-state index in [0.29, 0.717) is 16.6 Å². The van der Waals surface area contributed by atoms with E-state index in [2.05, 4.69) is 9.71 Å². The summed E-state index contributed by atoms with van der Waals surface area (Å²) in [5.74, 6) is 0.653. The Morgan fingerprint density at radius 1 is 1.15 bits per heavy atom. The molecule has 0 aliphatic rings. The van der Waals surface area contributed by atoms with Gasteiger partial charge in [-0.05, 0) is 31.2 Å². The summed E-state index contributed by atoms with van der Waals surface area (Å²) >= 11 is 1.25. The van der Waals surface area contributed by atoms with Gasteiger partial charge >= 0.3 is 0 Å². The molecule has 3 N–H and O–H groups in total. The fraction of sp³-hybridized carbons (Fsp3) is 0.167. The van der Waals surface area contributed by atoms with Gasteiger partial charge in [-0.25, -0.2) is 18.1 Å². The maximum absolute atomic E-state index is 12.5. The molecule has 3 aromatic rings. The molecule has 0 spiro atoms. The van der Waals surface area contributed by atoms with Crippen LogP contribution >= 0.6 is 11.3 Å². The van der Waals surface area contributed by atoms with Gasteiger partial charge in [-0.3, -0.25) is 0 Å². The average molecular weight is 390 g/mol. The standard InChI is InChI=1S/C18H19N3O3S2/c1-12-7-9-13(10-8-12)26(22,23)20-11-16-17(21-18(19)25-16)14-5-3-4-6-15(14)24-2/h3-10,20H,11H2,1-2H3,(H2,19,21). The highest BCUT2D eigenvalue weighted by atomic mass is 32.2. The van der Waals surface area contributed by atoms with Crippen LogP contribution in [0.2, 0.25) is 0 Å². The van der Waals surface area contributed by atoms with Crippen molar-refractivity contribution in [1.82, 2.24) is 9.71 Å². The minimum absolute atomic E-state index is 0.0957. The third-order valence-corrected chi connectivity index (χ3v) is 6.13. The quantitative estimate of drug-likeness (QED) is 0.675. The maximum Gasteiger partial charge on any atom is 0.240 e. The van der Waals surface area contributed by atoms with Gasteiger partial charge in [0.05, 0.1) is 17.7 Å². The number of rotatable bonds is 6. The number of sulfonamides is 1. The first-order chi connectivity index (χ1) is 12.4. The monoisotopic (exact) mass is 389 g/mol. The van der Waals surface area contributed by atoms with E-state index in [0.717, 1.165) is 16.0 Å². The maximum atomic E-state index is 12.5. The van der Waals surface area contributed by atoms with Gasteiger partial charge in [0.2, 0.25) is 10.0 Å². The lowest BCUT2D eigenvalue weighted by Crippen LogP contribution is -2.23. The summed E-state index contributed by atoms with van der Waals surface area (Å²) < 4.78 is 33.0. The summed E-state index contributed by atoms with van der Waals surface area (Å²) in [4.78, 5) is 5.30. The number of para-hydroxylation sites is 1. The number of nitrogen functional groups attached to an aromatic ring is 1. The zero-order chi connectivity index (χ0) is 18.7. The molecule has 0 saturated heterocycles. The highest BCUT2D eigenvalue weighted by Gasteiger charge is 2.19. The van der Waals surface area contributed by atoms with Gasteiger partial charge in [0, 0.05) is 17.0 Å². The van der Waals surface area contributed by atoms with Gasteiger partial charge in [-0.2, -0.15) is 0 Å². The SMILES string of the molecule is COc1ccccc1-c1nc(N)sc1CNS(=O)(=O)c1ccc(C)cc1. The Kier molecular flexibility index (Phi) is 5.26. The number of hydrogen-bond donors (Lipinski definition) is 2. The van der Waals surface area contributed by atoms with Crippen molar-refractivity contribution in [2.24, 2.45) is 0 Å². The summed E-state index contributed by atoms with van der Waals surface area (Å²) in [6, 6.07) is 14.1. The largest absolute Gasteiger partial charge is 0.496 e. The normalized spacial score (nSPS) is 11.5. The van der Waals surface area contributed by atoms with Crippen LogP contribution in [-0.4, -0.2) is 20.5 Å². The van der Waals surface area contributed by atoms with E-state index in [1.807, 2.05) is 31.2 Å². The van der Waals surface area contributed by atoms with E-state index in [4.69, 9.17) is 10.5 Å².